The predicted molar refractivity (Wildman–Crippen MR) is 124 cm³/mol. The number of ether oxygens (including phenoxy) is 1. The highest BCUT2D eigenvalue weighted by atomic mass is 16.5. The van der Waals surface area contributed by atoms with Crippen LogP contribution in [0.1, 0.15) is 43.2 Å². The van der Waals surface area contributed by atoms with E-state index in [4.69, 9.17) is 10.00 Å². The number of benzene rings is 2. The minimum absolute atomic E-state index is 0.0188. The molecule has 2 aromatic rings. The van der Waals surface area contributed by atoms with Gasteiger partial charge in [0.25, 0.3) is 0 Å². The minimum Gasteiger partial charge on any atom is -0.491 e. The molecule has 0 bridgehead atoms. The lowest BCUT2D eigenvalue weighted by Gasteiger charge is -2.25. The van der Waals surface area contributed by atoms with E-state index in [1.54, 1.807) is 0 Å². The number of allylic oxidation sites excluding steroid dienone is 1. The number of hydrogen-bond acceptors (Lipinski definition) is 3. The summed E-state index contributed by atoms with van der Waals surface area (Å²) >= 11 is 0. The maximum atomic E-state index is 12.9. The summed E-state index contributed by atoms with van der Waals surface area (Å²) in [6.07, 6.45) is 7.68. The number of unbranched alkanes of at least 4 members (excludes halogenated alkanes) is 1. The topological polar surface area (TPSA) is 53.3 Å². The Morgan fingerprint density at radius 3 is 2.48 bits per heavy atom. The van der Waals surface area contributed by atoms with Gasteiger partial charge in [0.05, 0.1) is 12.1 Å². The Labute approximate surface area is 186 Å². The third kappa shape index (κ3) is 6.72. The first kappa shape index (κ1) is 22.6. The molecule has 1 aliphatic rings. The summed E-state index contributed by atoms with van der Waals surface area (Å²) in [4.78, 5) is 15.0. The number of nitriles is 1. The lowest BCUT2D eigenvalue weighted by Crippen LogP contribution is -2.38. The zero-order valence-corrected chi connectivity index (χ0v) is 18.2. The van der Waals surface area contributed by atoms with Gasteiger partial charge in [0, 0.05) is 18.9 Å². The zero-order valence-electron chi connectivity index (χ0n) is 18.2. The average molecular weight is 417 g/mol. The third-order valence-corrected chi connectivity index (χ3v) is 5.91. The Bertz CT molecular complexity index is 870. The van der Waals surface area contributed by atoms with Crippen molar-refractivity contribution >= 4 is 5.91 Å². The first-order valence-corrected chi connectivity index (χ1v) is 11.2. The van der Waals surface area contributed by atoms with E-state index in [-0.39, 0.29) is 17.9 Å². The fourth-order valence-electron chi connectivity index (χ4n) is 4.23. The molecule has 1 heterocycles. The molecule has 0 aromatic heterocycles. The molecule has 4 heteroatoms. The molecule has 1 fully saturated rings. The molecule has 0 spiro atoms. The molecule has 2 atom stereocenters. The van der Waals surface area contributed by atoms with Crippen molar-refractivity contribution in [3.05, 3.63) is 78.4 Å². The van der Waals surface area contributed by atoms with Crippen LogP contribution < -0.4 is 4.74 Å². The Kier molecular flexibility index (Phi) is 8.72. The largest absolute Gasteiger partial charge is 0.491 e. The highest BCUT2D eigenvalue weighted by molar-refractivity contribution is 5.81. The molecule has 1 amide bonds. The molecule has 4 nitrogen and oxygen atoms in total. The van der Waals surface area contributed by atoms with Crippen LogP contribution >= 0.6 is 0 Å². The number of likely N-dealkylation sites (tertiary alicyclic amines) is 1. The third-order valence-electron chi connectivity index (χ3n) is 5.91. The van der Waals surface area contributed by atoms with Gasteiger partial charge >= 0.3 is 0 Å². The SMILES string of the molecule is C=CC[C@@H]1C[C@@H](COc2ccc(CCCC#N)cc2)N(CCCc2ccccc2)C1=O. The van der Waals surface area contributed by atoms with E-state index in [2.05, 4.69) is 49.0 Å². The summed E-state index contributed by atoms with van der Waals surface area (Å²) in [5.41, 5.74) is 2.52. The summed E-state index contributed by atoms with van der Waals surface area (Å²) < 4.78 is 6.07. The van der Waals surface area contributed by atoms with Crippen LogP contribution in [0, 0.1) is 17.2 Å². The second-order valence-electron chi connectivity index (χ2n) is 8.20. The Morgan fingerprint density at radius 2 is 1.77 bits per heavy atom. The number of amides is 1. The van der Waals surface area contributed by atoms with Crippen molar-refractivity contribution < 1.29 is 9.53 Å². The standard InChI is InChI=1S/C27H32N2O2/c1-2-9-24-20-25(21-31-26-16-14-23(15-17-26)12-6-7-18-28)29(27(24)30)19-8-13-22-10-4-3-5-11-22/h2-5,10-11,14-17,24-25H,1,6-9,12-13,19-21H2/t24-,25+/m1/s1. The van der Waals surface area contributed by atoms with Crippen LogP contribution in [-0.2, 0) is 17.6 Å². The van der Waals surface area contributed by atoms with Crippen LogP contribution in [0.4, 0.5) is 0 Å². The van der Waals surface area contributed by atoms with Crippen molar-refractivity contribution in [2.75, 3.05) is 13.2 Å². The molecule has 0 N–H and O–H groups in total. The van der Waals surface area contributed by atoms with Gasteiger partial charge in [-0.3, -0.25) is 4.79 Å². The number of carbonyl (C=O) groups is 1. The van der Waals surface area contributed by atoms with Crippen LogP contribution in [0.5, 0.6) is 5.75 Å². The molecule has 0 saturated carbocycles. The van der Waals surface area contributed by atoms with Gasteiger partial charge in [-0.05, 0) is 61.8 Å². The lowest BCUT2D eigenvalue weighted by molar-refractivity contribution is -0.132. The number of nitrogens with zero attached hydrogens (tertiary/aromatic N) is 2. The summed E-state index contributed by atoms with van der Waals surface area (Å²) in [5, 5.41) is 8.66. The van der Waals surface area contributed by atoms with E-state index in [0.29, 0.717) is 13.0 Å². The molecule has 31 heavy (non-hydrogen) atoms. The van der Waals surface area contributed by atoms with Crippen molar-refractivity contribution in [2.24, 2.45) is 5.92 Å². The molecule has 162 valence electrons. The Morgan fingerprint density at radius 1 is 1.06 bits per heavy atom. The second-order valence-corrected chi connectivity index (χ2v) is 8.20. The molecule has 0 unspecified atom stereocenters. The monoisotopic (exact) mass is 416 g/mol. The maximum Gasteiger partial charge on any atom is 0.226 e. The first-order chi connectivity index (χ1) is 15.2. The van der Waals surface area contributed by atoms with Gasteiger partial charge in [0.2, 0.25) is 5.91 Å². The summed E-state index contributed by atoms with van der Waals surface area (Å²) in [5.74, 6) is 1.08. The van der Waals surface area contributed by atoms with Gasteiger partial charge in [0.15, 0.2) is 0 Å². The van der Waals surface area contributed by atoms with Crippen molar-refractivity contribution in [1.29, 1.82) is 5.26 Å². The number of hydrogen-bond donors (Lipinski definition) is 0. The van der Waals surface area contributed by atoms with E-state index in [1.807, 2.05) is 29.2 Å². The van der Waals surface area contributed by atoms with Crippen LogP contribution in [0.3, 0.4) is 0 Å². The van der Waals surface area contributed by atoms with E-state index in [0.717, 1.165) is 50.8 Å². The second kappa shape index (κ2) is 12.0. The van der Waals surface area contributed by atoms with Gasteiger partial charge in [-0.25, -0.2) is 0 Å². The van der Waals surface area contributed by atoms with Gasteiger partial charge < -0.3 is 9.64 Å². The van der Waals surface area contributed by atoms with Crippen molar-refractivity contribution in [2.45, 2.75) is 51.0 Å². The van der Waals surface area contributed by atoms with Gasteiger partial charge in [0.1, 0.15) is 12.4 Å². The van der Waals surface area contributed by atoms with Crippen LogP contribution in [0.25, 0.3) is 0 Å². The van der Waals surface area contributed by atoms with Crippen LogP contribution in [0.15, 0.2) is 67.3 Å². The van der Waals surface area contributed by atoms with E-state index >= 15 is 0 Å². The zero-order chi connectivity index (χ0) is 21.9. The summed E-state index contributed by atoms with van der Waals surface area (Å²) in [6.45, 7) is 5.09. The van der Waals surface area contributed by atoms with Crippen LogP contribution in [0.2, 0.25) is 0 Å². The van der Waals surface area contributed by atoms with Gasteiger partial charge in [-0.2, -0.15) is 5.26 Å². The van der Waals surface area contributed by atoms with E-state index in [1.165, 1.54) is 11.1 Å². The highest BCUT2D eigenvalue weighted by Gasteiger charge is 2.38. The van der Waals surface area contributed by atoms with Gasteiger partial charge in [-0.15, -0.1) is 6.58 Å². The van der Waals surface area contributed by atoms with E-state index < -0.39 is 0 Å². The molecule has 1 saturated heterocycles. The molecule has 3 rings (SSSR count). The smallest absolute Gasteiger partial charge is 0.226 e. The van der Waals surface area contributed by atoms with Crippen molar-refractivity contribution in [3.63, 3.8) is 0 Å². The predicted octanol–water partition coefficient (Wildman–Crippen LogP) is 5.34. The van der Waals surface area contributed by atoms with E-state index in [9.17, 15) is 4.79 Å². The molecule has 0 radical (unpaired) electrons. The Balaban J connectivity index is 1.54. The molecular formula is C27H32N2O2. The van der Waals surface area contributed by atoms with Crippen LogP contribution in [-0.4, -0.2) is 30.0 Å². The number of aryl methyl sites for hydroxylation is 2. The Hall–Kier alpha value is -3.06. The number of carbonyl (C=O) groups excluding carboxylic acids is 1. The minimum atomic E-state index is 0.0188. The van der Waals surface area contributed by atoms with Crippen molar-refractivity contribution in [3.8, 4) is 11.8 Å². The molecule has 2 aromatic carbocycles. The summed E-state index contributed by atoms with van der Waals surface area (Å²) in [7, 11) is 0. The quantitative estimate of drug-likeness (QED) is 0.347. The number of rotatable bonds is 12. The van der Waals surface area contributed by atoms with Crippen molar-refractivity contribution in [1.82, 2.24) is 4.90 Å². The molecule has 0 aliphatic carbocycles. The average Bonchev–Trinajstić information content (AvgIpc) is 3.09. The van der Waals surface area contributed by atoms with Gasteiger partial charge in [-0.1, -0.05) is 48.5 Å². The molecular weight excluding hydrogens is 384 g/mol. The lowest BCUT2D eigenvalue weighted by atomic mass is 10.0. The maximum absolute atomic E-state index is 12.9. The summed E-state index contributed by atoms with van der Waals surface area (Å²) in [6, 6.07) is 20.8. The molecule has 1 aliphatic heterocycles. The highest BCUT2D eigenvalue weighted by Crippen LogP contribution is 2.29. The fraction of sp³-hybridized carbons (Fsp3) is 0.407. The normalized spacial score (nSPS) is 18.0. The first-order valence-electron chi connectivity index (χ1n) is 11.2. The fourth-order valence-corrected chi connectivity index (χ4v) is 4.23.